The smallest absolute Gasteiger partial charge is 0.409 e. The molecule has 70 valence electrons. The molecule has 0 radical (unpaired) electrons. The van der Waals surface area contributed by atoms with Crippen molar-refractivity contribution in [3.8, 4) is 0 Å². The van der Waals surface area contributed by atoms with Crippen LogP contribution in [0.4, 0.5) is 4.79 Å². The Morgan fingerprint density at radius 1 is 1.50 bits per heavy atom. The number of amides is 1. The summed E-state index contributed by atoms with van der Waals surface area (Å²) in [5, 5.41) is 3.15. The standard InChI is InChI=1S/C7H15N3O2/c8-1-6-12-7(11)10-4-2-9-3-5-10/h9H,1-6,8H2. The van der Waals surface area contributed by atoms with E-state index < -0.39 is 0 Å². The fourth-order valence-electron chi connectivity index (χ4n) is 1.08. The molecule has 0 aliphatic carbocycles. The molecule has 0 aromatic heterocycles. The highest BCUT2D eigenvalue weighted by Crippen LogP contribution is 1.95. The fourth-order valence-corrected chi connectivity index (χ4v) is 1.08. The lowest BCUT2D eigenvalue weighted by molar-refractivity contribution is 0.100. The summed E-state index contributed by atoms with van der Waals surface area (Å²) in [5.41, 5.74) is 5.20. The molecule has 0 spiro atoms. The van der Waals surface area contributed by atoms with E-state index in [4.69, 9.17) is 10.5 Å². The number of piperazine rings is 1. The van der Waals surface area contributed by atoms with Crippen LogP contribution in [0.5, 0.6) is 0 Å². The molecule has 0 unspecified atom stereocenters. The molecule has 0 aromatic carbocycles. The number of nitrogens with two attached hydrogens (primary N) is 1. The van der Waals surface area contributed by atoms with Crippen LogP contribution in [0.25, 0.3) is 0 Å². The Hall–Kier alpha value is -0.810. The van der Waals surface area contributed by atoms with E-state index in [0.717, 1.165) is 26.2 Å². The minimum Gasteiger partial charge on any atom is -0.448 e. The summed E-state index contributed by atoms with van der Waals surface area (Å²) in [7, 11) is 0. The van der Waals surface area contributed by atoms with Crippen LogP contribution < -0.4 is 11.1 Å². The van der Waals surface area contributed by atoms with Crippen molar-refractivity contribution in [1.82, 2.24) is 10.2 Å². The first kappa shape index (κ1) is 9.28. The van der Waals surface area contributed by atoms with Gasteiger partial charge in [-0.2, -0.15) is 0 Å². The molecule has 3 N–H and O–H groups in total. The zero-order valence-electron chi connectivity index (χ0n) is 7.08. The molecule has 1 aliphatic heterocycles. The van der Waals surface area contributed by atoms with Crippen molar-refractivity contribution >= 4 is 6.09 Å². The van der Waals surface area contributed by atoms with Crippen LogP contribution in [-0.2, 0) is 4.74 Å². The van der Waals surface area contributed by atoms with Crippen LogP contribution >= 0.6 is 0 Å². The molecule has 1 fully saturated rings. The number of hydrogen-bond donors (Lipinski definition) is 2. The molecule has 0 atom stereocenters. The van der Waals surface area contributed by atoms with Crippen molar-refractivity contribution in [2.75, 3.05) is 39.3 Å². The van der Waals surface area contributed by atoms with Gasteiger partial charge < -0.3 is 20.7 Å². The third-order valence-corrected chi connectivity index (χ3v) is 1.72. The van der Waals surface area contributed by atoms with Gasteiger partial charge in [-0.3, -0.25) is 0 Å². The SMILES string of the molecule is NCCOC(=O)N1CCNCC1. The van der Waals surface area contributed by atoms with E-state index in [1.165, 1.54) is 0 Å². The summed E-state index contributed by atoms with van der Waals surface area (Å²) in [6.07, 6.45) is -0.248. The molecule has 0 saturated carbocycles. The Balaban J connectivity index is 2.20. The van der Waals surface area contributed by atoms with Crippen molar-refractivity contribution in [2.45, 2.75) is 0 Å². The Labute approximate surface area is 71.8 Å². The third-order valence-electron chi connectivity index (χ3n) is 1.72. The zero-order chi connectivity index (χ0) is 8.81. The van der Waals surface area contributed by atoms with Gasteiger partial charge in [-0.1, -0.05) is 0 Å². The van der Waals surface area contributed by atoms with Crippen molar-refractivity contribution in [2.24, 2.45) is 5.73 Å². The normalized spacial score (nSPS) is 17.6. The maximum absolute atomic E-state index is 11.2. The summed E-state index contributed by atoms with van der Waals surface area (Å²) in [6, 6.07) is 0. The molecule has 1 aliphatic rings. The van der Waals surface area contributed by atoms with Gasteiger partial charge in [0.25, 0.3) is 0 Å². The minimum atomic E-state index is -0.248. The van der Waals surface area contributed by atoms with Gasteiger partial charge in [0.15, 0.2) is 0 Å². The summed E-state index contributed by atoms with van der Waals surface area (Å²) in [4.78, 5) is 12.9. The highest BCUT2D eigenvalue weighted by atomic mass is 16.6. The van der Waals surface area contributed by atoms with Crippen molar-refractivity contribution in [3.05, 3.63) is 0 Å². The lowest BCUT2D eigenvalue weighted by atomic mass is 10.4. The number of carbonyl (C=O) groups excluding carboxylic acids is 1. The number of nitrogens with zero attached hydrogens (tertiary/aromatic N) is 1. The van der Waals surface area contributed by atoms with Gasteiger partial charge in [0, 0.05) is 32.7 Å². The lowest BCUT2D eigenvalue weighted by Gasteiger charge is -2.26. The van der Waals surface area contributed by atoms with Gasteiger partial charge >= 0.3 is 6.09 Å². The molecule has 1 heterocycles. The van der Waals surface area contributed by atoms with Crippen LogP contribution in [0.15, 0.2) is 0 Å². The average Bonchev–Trinajstić information content (AvgIpc) is 2.15. The maximum Gasteiger partial charge on any atom is 0.409 e. The maximum atomic E-state index is 11.2. The molecule has 0 aromatic rings. The summed E-state index contributed by atoms with van der Waals surface area (Å²) in [6.45, 7) is 3.84. The number of ether oxygens (including phenoxy) is 1. The molecule has 1 rings (SSSR count). The summed E-state index contributed by atoms with van der Waals surface area (Å²) >= 11 is 0. The molecule has 0 bridgehead atoms. The Kier molecular flexibility index (Phi) is 3.83. The Morgan fingerprint density at radius 3 is 2.75 bits per heavy atom. The van der Waals surface area contributed by atoms with E-state index in [0.29, 0.717) is 13.2 Å². The third kappa shape index (κ3) is 2.67. The Bertz CT molecular complexity index is 146. The van der Waals surface area contributed by atoms with E-state index in [2.05, 4.69) is 5.32 Å². The van der Waals surface area contributed by atoms with Gasteiger partial charge in [-0.25, -0.2) is 4.79 Å². The van der Waals surface area contributed by atoms with E-state index in [1.807, 2.05) is 0 Å². The molecule has 1 saturated heterocycles. The quantitative estimate of drug-likeness (QED) is 0.561. The molecule has 5 heteroatoms. The fraction of sp³-hybridized carbons (Fsp3) is 0.857. The summed E-state index contributed by atoms with van der Waals surface area (Å²) < 4.78 is 4.86. The zero-order valence-corrected chi connectivity index (χ0v) is 7.08. The first-order valence-corrected chi connectivity index (χ1v) is 4.17. The van der Waals surface area contributed by atoms with Gasteiger partial charge in [0.05, 0.1) is 0 Å². The average molecular weight is 173 g/mol. The topological polar surface area (TPSA) is 67.6 Å². The van der Waals surface area contributed by atoms with Crippen LogP contribution in [0.2, 0.25) is 0 Å². The van der Waals surface area contributed by atoms with E-state index in [9.17, 15) is 4.79 Å². The van der Waals surface area contributed by atoms with Crippen LogP contribution in [-0.4, -0.2) is 50.3 Å². The first-order valence-electron chi connectivity index (χ1n) is 4.17. The van der Waals surface area contributed by atoms with Gasteiger partial charge in [0.2, 0.25) is 0 Å². The van der Waals surface area contributed by atoms with Crippen molar-refractivity contribution in [3.63, 3.8) is 0 Å². The second-order valence-electron chi connectivity index (χ2n) is 2.64. The highest BCUT2D eigenvalue weighted by molar-refractivity contribution is 5.67. The molecular weight excluding hydrogens is 158 g/mol. The van der Waals surface area contributed by atoms with E-state index in [-0.39, 0.29) is 6.09 Å². The predicted molar refractivity (Wildman–Crippen MR) is 44.8 cm³/mol. The van der Waals surface area contributed by atoms with Gasteiger partial charge in [0.1, 0.15) is 6.61 Å². The van der Waals surface area contributed by atoms with Gasteiger partial charge in [-0.05, 0) is 0 Å². The van der Waals surface area contributed by atoms with Crippen LogP contribution in [0, 0.1) is 0 Å². The lowest BCUT2D eigenvalue weighted by Crippen LogP contribution is -2.46. The van der Waals surface area contributed by atoms with Crippen LogP contribution in [0.3, 0.4) is 0 Å². The first-order chi connectivity index (χ1) is 5.84. The molecule has 1 amide bonds. The molecule has 12 heavy (non-hydrogen) atoms. The largest absolute Gasteiger partial charge is 0.448 e. The number of hydrogen-bond acceptors (Lipinski definition) is 4. The highest BCUT2D eigenvalue weighted by Gasteiger charge is 2.16. The van der Waals surface area contributed by atoms with Gasteiger partial charge in [-0.15, -0.1) is 0 Å². The van der Waals surface area contributed by atoms with E-state index >= 15 is 0 Å². The number of rotatable bonds is 2. The monoisotopic (exact) mass is 173 g/mol. The Morgan fingerprint density at radius 2 is 2.17 bits per heavy atom. The second-order valence-corrected chi connectivity index (χ2v) is 2.64. The number of nitrogens with one attached hydrogen (secondary N) is 1. The number of carbonyl (C=O) groups is 1. The molecule has 5 nitrogen and oxygen atoms in total. The van der Waals surface area contributed by atoms with Crippen molar-refractivity contribution < 1.29 is 9.53 Å². The summed E-state index contributed by atoms with van der Waals surface area (Å²) in [5.74, 6) is 0. The van der Waals surface area contributed by atoms with Crippen molar-refractivity contribution in [1.29, 1.82) is 0 Å². The second kappa shape index (κ2) is 4.95. The minimum absolute atomic E-state index is 0.248. The van der Waals surface area contributed by atoms with E-state index in [1.54, 1.807) is 4.90 Å². The van der Waals surface area contributed by atoms with Crippen LogP contribution in [0.1, 0.15) is 0 Å². The predicted octanol–water partition coefficient (Wildman–Crippen LogP) is -1.01. The molecular formula is C7H15N3O2.